The van der Waals surface area contributed by atoms with Crippen molar-refractivity contribution in [3.63, 3.8) is 0 Å². The molecule has 2 aromatic rings. The van der Waals surface area contributed by atoms with Crippen LogP contribution < -0.4 is 5.73 Å². The van der Waals surface area contributed by atoms with Gasteiger partial charge in [0, 0.05) is 29.3 Å². The molecule has 2 saturated carbocycles. The smallest absolute Gasteiger partial charge is 0.0926 e. The van der Waals surface area contributed by atoms with Gasteiger partial charge in [0.05, 0.1) is 5.69 Å². The van der Waals surface area contributed by atoms with Crippen LogP contribution in [0.3, 0.4) is 0 Å². The van der Waals surface area contributed by atoms with E-state index < -0.39 is 0 Å². The summed E-state index contributed by atoms with van der Waals surface area (Å²) in [6.45, 7) is 0. The van der Waals surface area contributed by atoms with E-state index >= 15 is 0 Å². The number of aromatic nitrogens is 2. The van der Waals surface area contributed by atoms with E-state index in [1.54, 1.807) is 0 Å². The SMILES string of the molecule is Cn1nc(-c2ccccc2)cc1C1(C2(N)CC2)CC1. The van der Waals surface area contributed by atoms with Gasteiger partial charge < -0.3 is 5.73 Å². The topological polar surface area (TPSA) is 43.8 Å². The fourth-order valence-corrected chi connectivity index (χ4v) is 3.41. The summed E-state index contributed by atoms with van der Waals surface area (Å²) in [6.07, 6.45) is 4.77. The molecule has 0 radical (unpaired) electrons. The number of hydrogen-bond acceptors (Lipinski definition) is 2. The first kappa shape index (κ1) is 11.2. The molecule has 1 aromatic heterocycles. The van der Waals surface area contributed by atoms with Crippen LogP contribution in [0, 0.1) is 0 Å². The quantitative estimate of drug-likeness (QED) is 0.913. The first-order valence-corrected chi connectivity index (χ1v) is 7.04. The number of nitrogens with zero attached hydrogens (tertiary/aromatic N) is 2. The van der Waals surface area contributed by atoms with Gasteiger partial charge in [-0.15, -0.1) is 0 Å². The Morgan fingerprint density at radius 1 is 1.11 bits per heavy atom. The van der Waals surface area contributed by atoms with Gasteiger partial charge in [0.15, 0.2) is 0 Å². The van der Waals surface area contributed by atoms with Crippen LogP contribution in [-0.4, -0.2) is 15.3 Å². The Labute approximate surface area is 113 Å². The van der Waals surface area contributed by atoms with Gasteiger partial charge in [-0.3, -0.25) is 4.68 Å². The Hall–Kier alpha value is -1.61. The maximum absolute atomic E-state index is 6.49. The maximum Gasteiger partial charge on any atom is 0.0926 e. The lowest BCUT2D eigenvalue weighted by molar-refractivity contribution is 0.467. The number of rotatable bonds is 3. The molecule has 3 heteroatoms. The molecule has 2 aliphatic rings. The highest BCUT2D eigenvalue weighted by Gasteiger charge is 2.65. The van der Waals surface area contributed by atoms with Crippen LogP contribution in [0.25, 0.3) is 11.3 Å². The lowest BCUT2D eigenvalue weighted by Gasteiger charge is -2.22. The largest absolute Gasteiger partial charge is 0.324 e. The number of aryl methyl sites for hydroxylation is 1. The Bertz CT molecular complexity index is 619. The van der Waals surface area contributed by atoms with Crippen molar-refractivity contribution in [3.05, 3.63) is 42.1 Å². The summed E-state index contributed by atoms with van der Waals surface area (Å²) in [7, 11) is 2.05. The minimum Gasteiger partial charge on any atom is -0.324 e. The summed E-state index contributed by atoms with van der Waals surface area (Å²) in [5, 5.41) is 4.69. The first-order chi connectivity index (χ1) is 9.15. The molecule has 1 heterocycles. The Morgan fingerprint density at radius 3 is 2.37 bits per heavy atom. The van der Waals surface area contributed by atoms with Gasteiger partial charge >= 0.3 is 0 Å². The van der Waals surface area contributed by atoms with Gasteiger partial charge in [-0.25, -0.2) is 0 Å². The van der Waals surface area contributed by atoms with E-state index in [1.165, 1.54) is 36.9 Å². The van der Waals surface area contributed by atoms with Gasteiger partial charge in [0.25, 0.3) is 0 Å². The second-order valence-electron chi connectivity index (χ2n) is 6.14. The van der Waals surface area contributed by atoms with E-state index in [1.807, 2.05) is 17.8 Å². The van der Waals surface area contributed by atoms with Crippen LogP contribution in [0.1, 0.15) is 31.4 Å². The number of hydrogen-bond donors (Lipinski definition) is 1. The molecule has 2 aliphatic carbocycles. The monoisotopic (exact) mass is 253 g/mol. The maximum atomic E-state index is 6.49. The minimum absolute atomic E-state index is 0.0503. The van der Waals surface area contributed by atoms with Gasteiger partial charge in [-0.2, -0.15) is 5.10 Å². The number of benzene rings is 1. The molecule has 2 fully saturated rings. The lowest BCUT2D eigenvalue weighted by atomic mass is 9.90. The molecule has 0 spiro atoms. The van der Waals surface area contributed by atoms with E-state index in [-0.39, 0.29) is 11.0 Å². The average Bonchev–Trinajstić information content (AvgIpc) is 3.33. The van der Waals surface area contributed by atoms with Crippen LogP contribution in [0.5, 0.6) is 0 Å². The first-order valence-electron chi connectivity index (χ1n) is 7.04. The van der Waals surface area contributed by atoms with Crippen molar-refractivity contribution in [3.8, 4) is 11.3 Å². The summed E-state index contributed by atoms with van der Waals surface area (Å²) in [5.74, 6) is 0. The predicted molar refractivity (Wildman–Crippen MR) is 75.7 cm³/mol. The molecule has 0 unspecified atom stereocenters. The van der Waals surface area contributed by atoms with Gasteiger partial charge in [-0.1, -0.05) is 30.3 Å². The number of nitrogens with two attached hydrogens (primary N) is 1. The van der Waals surface area contributed by atoms with E-state index in [4.69, 9.17) is 5.73 Å². The zero-order valence-corrected chi connectivity index (χ0v) is 11.3. The molecule has 98 valence electrons. The van der Waals surface area contributed by atoms with Crippen molar-refractivity contribution in [2.45, 2.75) is 36.6 Å². The van der Waals surface area contributed by atoms with E-state index in [2.05, 4.69) is 35.4 Å². The van der Waals surface area contributed by atoms with Gasteiger partial charge in [0.2, 0.25) is 0 Å². The van der Waals surface area contributed by atoms with Gasteiger partial charge in [0.1, 0.15) is 0 Å². The van der Waals surface area contributed by atoms with Crippen LogP contribution in [0.4, 0.5) is 0 Å². The summed E-state index contributed by atoms with van der Waals surface area (Å²) in [5.41, 5.74) is 10.3. The molecule has 3 nitrogen and oxygen atoms in total. The molecule has 0 amide bonds. The molecule has 0 saturated heterocycles. The van der Waals surface area contributed by atoms with Crippen molar-refractivity contribution in [2.24, 2.45) is 12.8 Å². The summed E-state index contributed by atoms with van der Waals surface area (Å²) < 4.78 is 2.04. The third-order valence-electron chi connectivity index (χ3n) is 4.93. The van der Waals surface area contributed by atoms with Crippen molar-refractivity contribution < 1.29 is 0 Å². The van der Waals surface area contributed by atoms with Crippen LogP contribution in [0.2, 0.25) is 0 Å². The molecular weight excluding hydrogens is 234 g/mol. The molecule has 19 heavy (non-hydrogen) atoms. The fraction of sp³-hybridized carbons (Fsp3) is 0.438. The standard InChI is InChI=1S/C16H19N3/c1-19-14(15(7-8-15)16(17)9-10-16)11-13(18-19)12-5-3-2-4-6-12/h2-6,11H,7-10,17H2,1H3. The van der Waals surface area contributed by atoms with Crippen molar-refractivity contribution in [1.82, 2.24) is 9.78 Å². The zero-order valence-electron chi connectivity index (χ0n) is 11.3. The summed E-state index contributed by atoms with van der Waals surface area (Å²) >= 11 is 0. The second kappa shape index (κ2) is 3.48. The van der Waals surface area contributed by atoms with Gasteiger partial charge in [-0.05, 0) is 31.7 Å². The molecule has 0 aliphatic heterocycles. The lowest BCUT2D eigenvalue weighted by Crippen LogP contribution is -2.38. The third-order valence-corrected chi connectivity index (χ3v) is 4.93. The molecule has 2 N–H and O–H groups in total. The molecule has 0 bridgehead atoms. The second-order valence-corrected chi connectivity index (χ2v) is 6.14. The summed E-state index contributed by atoms with van der Waals surface area (Å²) in [6, 6.07) is 12.6. The van der Waals surface area contributed by atoms with E-state index in [0.29, 0.717) is 0 Å². The van der Waals surface area contributed by atoms with E-state index in [9.17, 15) is 0 Å². The minimum atomic E-state index is 0.0503. The van der Waals surface area contributed by atoms with E-state index in [0.717, 1.165) is 5.69 Å². The van der Waals surface area contributed by atoms with Crippen LogP contribution >= 0.6 is 0 Å². The Morgan fingerprint density at radius 2 is 1.79 bits per heavy atom. The third kappa shape index (κ3) is 1.51. The molecule has 1 aromatic carbocycles. The molecule has 4 rings (SSSR count). The summed E-state index contributed by atoms with van der Waals surface area (Å²) in [4.78, 5) is 0. The van der Waals surface area contributed by atoms with Crippen molar-refractivity contribution in [1.29, 1.82) is 0 Å². The highest BCUT2D eigenvalue weighted by molar-refractivity contribution is 5.60. The van der Waals surface area contributed by atoms with Crippen LogP contribution in [-0.2, 0) is 12.5 Å². The highest BCUT2D eigenvalue weighted by atomic mass is 15.3. The van der Waals surface area contributed by atoms with Crippen LogP contribution in [0.15, 0.2) is 36.4 Å². The molecular formula is C16H19N3. The highest BCUT2D eigenvalue weighted by Crippen LogP contribution is 2.63. The Balaban J connectivity index is 1.77. The zero-order chi connectivity index (χ0) is 13.1. The van der Waals surface area contributed by atoms with Crippen molar-refractivity contribution in [2.75, 3.05) is 0 Å². The Kier molecular flexibility index (Phi) is 2.06. The van der Waals surface area contributed by atoms with Crippen molar-refractivity contribution >= 4 is 0 Å². The molecule has 0 atom stereocenters. The normalized spacial score (nSPS) is 22.2. The fourth-order valence-electron chi connectivity index (χ4n) is 3.41. The average molecular weight is 253 g/mol. The predicted octanol–water partition coefficient (Wildman–Crippen LogP) is 2.61.